The molecule has 0 radical (unpaired) electrons. The second-order valence-electron chi connectivity index (χ2n) is 5.75. The minimum Gasteiger partial charge on any atom is -0.356 e. The van der Waals surface area contributed by atoms with Gasteiger partial charge < -0.3 is 16.0 Å². The Labute approximate surface area is 131 Å². The number of nitrogens with one attached hydrogen (secondary N) is 3. The number of carbonyl (C=O) groups is 2. The SMILES string of the molecule is O=C(CCC1CCNCC1)NCCC(=O)Nc1ccccc1. The maximum atomic E-state index is 11.8. The zero-order valence-electron chi connectivity index (χ0n) is 12.9. The van der Waals surface area contributed by atoms with Crippen LogP contribution in [0.1, 0.15) is 32.1 Å². The molecule has 3 N–H and O–H groups in total. The minimum absolute atomic E-state index is 0.0473. The van der Waals surface area contributed by atoms with Gasteiger partial charge in [0.05, 0.1) is 0 Å². The summed E-state index contributed by atoms with van der Waals surface area (Å²) in [5, 5.41) is 8.95. The average Bonchev–Trinajstić information content (AvgIpc) is 2.55. The summed E-state index contributed by atoms with van der Waals surface area (Å²) in [4.78, 5) is 23.5. The molecular weight excluding hydrogens is 278 g/mol. The predicted molar refractivity (Wildman–Crippen MR) is 87.5 cm³/mol. The van der Waals surface area contributed by atoms with Gasteiger partial charge in [-0.15, -0.1) is 0 Å². The number of para-hydroxylation sites is 1. The lowest BCUT2D eigenvalue weighted by Gasteiger charge is -2.22. The second kappa shape index (κ2) is 9.20. The Bertz CT molecular complexity index is 470. The van der Waals surface area contributed by atoms with Crippen molar-refractivity contribution in [3.05, 3.63) is 30.3 Å². The third kappa shape index (κ3) is 6.26. The number of anilines is 1. The Morgan fingerprint density at radius 3 is 2.50 bits per heavy atom. The molecule has 1 aromatic carbocycles. The van der Waals surface area contributed by atoms with Gasteiger partial charge in [-0.05, 0) is 50.4 Å². The average molecular weight is 303 g/mol. The lowest BCUT2D eigenvalue weighted by molar-refractivity contribution is -0.121. The van der Waals surface area contributed by atoms with Crippen molar-refractivity contribution in [2.24, 2.45) is 5.92 Å². The molecule has 1 aromatic rings. The fourth-order valence-corrected chi connectivity index (χ4v) is 2.65. The van der Waals surface area contributed by atoms with Crippen LogP contribution < -0.4 is 16.0 Å². The van der Waals surface area contributed by atoms with Crippen molar-refractivity contribution in [1.82, 2.24) is 10.6 Å². The Morgan fingerprint density at radius 2 is 1.77 bits per heavy atom. The van der Waals surface area contributed by atoms with E-state index in [1.165, 1.54) is 0 Å². The summed E-state index contributed by atoms with van der Waals surface area (Å²) in [7, 11) is 0. The largest absolute Gasteiger partial charge is 0.356 e. The highest BCUT2D eigenvalue weighted by Crippen LogP contribution is 2.17. The topological polar surface area (TPSA) is 70.2 Å². The Balaban J connectivity index is 1.55. The molecule has 22 heavy (non-hydrogen) atoms. The summed E-state index contributed by atoms with van der Waals surface area (Å²) in [5.74, 6) is 0.629. The zero-order valence-corrected chi connectivity index (χ0v) is 12.9. The molecule has 1 aliphatic rings. The third-order valence-corrected chi connectivity index (χ3v) is 3.97. The van der Waals surface area contributed by atoms with Crippen LogP contribution in [0, 0.1) is 5.92 Å². The van der Waals surface area contributed by atoms with Gasteiger partial charge in [-0.25, -0.2) is 0 Å². The molecule has 5 heteroatoms. The summed E-state index contributed by atoms with van der Waals surface area (Å²) in [6, 6.07) is 9.33. The van der Waals surface area contributed by atoms with Gasteiger partial charge in [0.25, 0.3) is 0 Å². The lowest BCUT2D eigenvalue weighted by Crippen LogP contribution is -2.30. The molecule has 0 bridgehead atoms. The van der Waals surface area contributed by atoms with Gasteiger partial charge >= 0.3 is 0 Å². The van der Waals surface area contributed by atoms with Crippen LogP contribution in [0.15, 0.2) is 30.3 Å². The normalized spacial score (nSPS) is 15.3. The van der Waals surface area contributed by atoms with Crippen molar-refractivity contribution in [3.63, 3.8) is 0 Å². The van der Waals surface area contributed by atoms with Gasteiger partial charge in [-0.2, -0.15) is 0 Å². The molecule has 120 valence electrons. The number of hydrogen-bond acceptors (Lipinski definition) is 3. The zero-order chi connectivity index (χ0) is 15.6. The summed E-state index contributed by atoms with van der Waals surface area (Å²) in [5.41, 5.74) is 0.782. The van der Waals surface area contributed by atoms with E-state index in [2.05, 4.69) is 16.0 Å². The van der Waals surface area contributed by atoms with E-state index < -0.39 is 0 Å². The molecule has 0 aromatic heterocycles. The van der Waals surface area contributed by atoms with E-state index in [1.807, 2.05) is 30.3 Å². The highest BCUT2D eigenvalue weighted by atomic mass is 16.2. The van der Waals surface area contributed by atoms with E-state index in [-0.39, 0.29) is 11.8 Å². The maximum Gasteiger partial charge on any atom is 0.226 e. The van der Waals surface area contributed by atoms with E-state index in [1.54, 1.807) is 0 Å². The van der Waals surface area contributed by atoms with E-state index in [9.17, 15) is 9.59 Å². The molecule has 0 atom stereocenters. The molecule has 1 fully saturated rings. The number of hydrogen-bond donors (Lipinski definition) is 3. The molecule has 0 unspecified atom stereocenters. The van der Waals surface area contributed by atoms with Crippen LogP contribution in [0.2, 0.25) is 0 Å². The van der Waals surface area contributed by atoms with Crippen molar-refractivity contribution in [3.8, 4) is 0 Å². The number of benzene rings is 1. The molecule has 5 nitrogen and oxygen atoms in total. The molecule has 1 heterocycles. The first-order chi connectivity index (χ1) is 10.7. The minimum atomic E-state index is -0.0788. The van der Waals surface area contributed by atoms with E-state index >= 15 is 0 Å². The van der Waals surface area contributed by atoms with Crippen LogP contribution in [0.4, 0.5) is 5.69 Å². The van der Waals surface area contributed by atoms with Gasteiger partial charge in [0.1, 0.15) is 0 Å². The van der Waals surface area contributed by atoms with Crippen molar-refractivity contribution in [1.29, 1.82) is 0 Å². The molecule has 0 spiro atoms. The predicted octanol–water partition coefficient (Wildman–Crippen LogP) is 1.91. The first-order valence-corrected chi connectivity index (χ1v) is 8.06. The van der Waals surface area contributed by atoms with Gasteiger partial charge in [0.2, 0.25) is 11.8 Å². The molecule has 1 aliphatic heterocycles. The van der Waals surface area contributed by atoms with Crippen LogP contribution >= 0.6 is 0 Å². The Hall–Kier alpha value is -1.88. The summed E-state index contributed by atoms with van der Waals surface area (Å²) >= 11 is 0. The third-order valence-electron chi connectivity index (χ3n) is 3.97. The molecule has 0 aliphatic carbocycles. The molecule has 2 rings (SSSR count). The number of carbonyl (C=O) groups excluding carboxylic acids is 2. The van der Waals surface area contributed by atoms with Gasteiger partial charge in [0.15, 0.2) is 0 Å². The number of rotatable bonds is 7. The van der Waals surface area contributed by atoms with E-state index in [4.69, 9.17) is 0 Å². The van der Waals surface area contributed by atoms with Gasteiger partial charge in [-0.3, -0.25) is 9.59 Å². The quantitative estimate of drug-likeness (QED) is 0.720. The van der Waals surface area contributed by atoms with Crippen LogP contribution in [0.3, 0.4) is 0 Å². The summed E-state index contributed by atoms with van der Waals surface area (Å²) in [6.45, 7) is 2.52. The van der Waals surface area contributed by atoms with Crippen molar-refractivity contribution in [2.75, 3.05) is 25.0 Å². The highest BCUT2D eigenvalue weighted by Gasteiger charge is 2.14. The second-order valence-corrected chi connectivity index (χ2v) is 5.75. The van der Waals surface area contributed by atoms with Crippen LogP contribution in [-0.4, -0.2) is 31.4 Å². The van der Waals surface area contributed by atoms with Crippen LogP contribution in [0.5, 0.6) is 0 Å². The van der Waals surface area contributed by atoms with Crippen LogP contribution in [-0.2, 0) is 9.59 Å². The van der Waals surface area contributed by atoms with Gasteiger partial charge in [-0.1, -0.05) is 18.2 Å². The smallest absolute Gasteiger partial charge is 0.226 e. The van der Waals surface area contributed by atoms with E-state index in [0.717, 1.165) is 38.0 Å². The monoisotopic (exact) mass is 303 g/mol. The van der Waals surface area contributed by atoms with Crippen molar-refractivity contribution >= 4 is 17.5 Å². The van der Waals surface area contributed by atoms with E-state index in [0.29, 0.717) is 25.3 Å². The summed E-state index contributed by atoms with van der Waals surface area (Å²) in [6.07, 6.45) is 4.13. The standard InChI is InChI=1S/C17H25N3O2/c21-16(7-6-14-8-11-18-12-9-14)19-13-10-17(22)20-15-4-2-1-3-5-15/h1-5,14,18H,6-13H2,(H,19,21)(H,20,22). The van der Waals surface area contributed by atoms with Crippen molar-refractivity contribution < 1.29 is 9.59 Å². The number of amides is 2. The first kappa shape index (κ1) is 16.5. The Morgan fingerprint density at radius 1 is 1.05 bits per heavy atom. The molecular formula is C17H25N3O2. The Kier molecular flexibility index (Phi) is 6.90. The molecule has 0 saturated carbocycles. The molecule has 2 amide bonds. The highest BCUT2D eigenvalue weighted by molar-refractivity contribution is 5.91. The first-order valence-electron chi connectivity index (χ1n) is 8.06. The fourth-order valence-electron chi connectivity index (χ4n) is 2.65. The van der Waals surface area contributed by atoms with Gasteiger partial charge in [0, 0.05) is 25.1 Å². The number of piperidine rings is 1. The van der Waals surface area contributed by atoms with Crippen LogP contribution in [0.25, 0.3) is 0 Å². The maximum absolute atomic E-state index is 11.8. The lowest BCUT2D eigenvalue weighted by atomic mass is 9.93. The molecule has 1 saturated heterocycles. The fraction of sp³-hybridized carbons (Fsp3) is 0.529. The summed E-state index contributed by atoms with van der Waals surface area (Å²) < 4.78 is 0. The van der Waals surface area contributed by atoms with Crippen molar-refractivity contribution in [2.45, 2.75) is 32.1 Å².